The summed E-state index contributed by atoms with van der Waals surface area (Å²) in [4.78, 5) is 14.6. The van der Waals surface area contributed by atoms with Gasteiger partial charge in [-0.1, -0.05) is 55.5 Å². The van der Waals surface area contributed by atoms with Crippen molar-refractivity contribution < 1.29 is 9.53 Å². The van der Waals surface area contributed by atoms with Crippen molar-refractivity contribution in [3.63, 3.8) is 0 Å². The summed E-state index contributed by atoms with van der Waals surface area (Å²) < 4.78 is 5.93. The molecule has 0 atom stereocenters. The van der Waals surface area contributed by atoms with Gasteiger partial charge in [0.05, 0.1) is 0 Å². The van der Waals surface area contributed by atoms with E-state index in [9.17, 15) is 4.79 Å². The molecule has 2 nitrogen and oxygen atoms in total. The van der Waals surface area contributed by atoms with Gasteiger partial charge in [0, 0.05) is 16.0 Å². The predicted molar refractivity (Wildman–Crippen MR) is 97.6 cm³/mol. The third-order valence-electron chi connectivity index (χ3n) is 4.54. The molecule has 1 aliphatic rings. The number of thiophene rings is 1. The van der Waals surface area contributed by atoms with Crippen LogP contribution in [0.3, 0.4) is 0 Å². The molecule has 24 heavy (non-hydrogen) atoms. The van der Waals surface area contributed by atoms with E-state index in [-0.39, 0.29) is 12.1 Å². The first-order valence-electron chi connectivity index (χ1n) is 8.17. The summed E-state index contributed by atoms with van der Waals surface area (Å²) in [5.41, 5.74) is 5.61. The molecule has 0 bridgehead atoms. The standard InChI is InChI=1S/C21H18O2S/c1-3-18-13(2)12-19(24-18)21(22)23-20-16-10-6-4-8-14(16)15-9-5-7-11-17(15)20/h4-12,20H,3H2,1-2H3. The minimum atomic E-state index is -0.322. The van der Waals surface area contributed by atoms with Crippen molar-refractivity contribution in [3.05, 3.63) is 81.0 Å². The first-order valence-corrected chi connectivity index (χ1v) is 8.99. The summed E-state index contributed by atoms with van der Waals surface area (Å²) in [5, 5.41) is 0. The van der Waals surface area contributed by atoms with Gasteiger partial charge >= 0.3 is 5.97 Å². The number of fused-ring (bicyclic) bond motifs is 3. The van der Waals surface area contributed by atoms with Gasteiger partial charge in [0.15, 0.2) is 6.10 Å². The molecule has 0 fully saturated rings. The van der Waals surface area contributed by atoms with Gasteiger partial charge in [0.25, 0.3) is 0 Å². The lowest BCUT2D eigenvalue weighted by Gasteiger charge is -2.14. The van der Waals surface area contributed by atoms with E-state index in [4.69, 9.17) is 4.74 Å². The largest absolute Gasteiger partial charge is 0.448 e. The number of ether oxygens (including phenoxy) is 1. The van der Waals surface area contributed by atoms with Crippen LogP contribution in [0.1, 0.15) is 44.3 Å². The second-order valence-corrected chi connectivity index (χ2v) is 7.17. The highest BCUT2D eigenvalue weighted by Gasteiger charge is 2.31. The van der Waals surface area contributed by atoms with E-state index in [1.807, 2.05) is 49.4 Å². The third-order valence-corrected chi connectivity index (χ3v) is 5.91. The Balaban J connectivity index is 1.70. The van der Waals surface area contributed by atoms with Gasteiger partial charge in [-0.05, 0) is 36.1 Å². The van der Waals surface area contributed by atoms with Gasteiger partial charge in [0.2, 0.25) is 0 Å². The summed E-state index contributed by atoms with van der Waals surface area (Å²) >= 11 is 1.54. The van der Waals surface area contributed by atoms with Crippen molar-refractivity contribution in [2.45, 2.75) is 26.4 Å². The fourth-order valence-electron chi connectivity index (χ4n) is 3.37. The molecule has 0 radical (unpaired) electrons. The smallest absolute Gasteiger partial charge is 0.349 e. The van der Waals surface area contributed by atoms with Crippen molar-refractivity contribution in [2.75, 3.05) is 0 Å². The SMILES string of the molecule is CCc1sc(C(=O)OC2c3ccccc3-c3ccccc32)cc1C. The van der Waals surface area contributed by atoms with Crippen LogP contribution in [-0.2, 0) is 11.2 Å². The predicted octanol–water partition coefficient (Wildman–Crippen LogP) is 5.55. The molecule has 3 aromatic rings. The molecule has 0 aliphatic heterocycles. The zero-order valence-electron chi connectivity index (χ0n) is 13.7. The maximum atomic E-state index is 12.7. The maximum absolute atomic E-state index is 12.7. The Kier molecular flexibility index (Phi) is 3.73. The Bertz CT molecular complexity index is 878. The van der Waals surface area contributed by atoms with Gasteiger partial charge in [-0.2, -0.15) is 0 Å². The molecule has 0 N–H and O–H groups in total. The van der Waals surface area contributed by atoms with Crippen LogP contribution >= 0.6 is 11.3 Å². The van der Waals surface area contributed by atoms with E-state index in [2.05, 4.69) is 19.1 Å². The molecule has 0 saturated heterocycles. The van der Waals surface area contributed by atoms with Crippen LogP contribution in [0.4, 0.5) is 0 Å². The van der Waals surface area contributed by atoms with Crippen molar-refractivity contribution >= 4 is 17.3 Å². The number of benzene rings is 2. The average Bonchev–Trinajstić information content (AvgIpc) is 3.14. The van der Waals surface area contributed by atoms with Gasteiger partial charge < -0.3 is 4.74 Å². The number of aryl methyl sites for hydroxylation is 2. The van der Waals surface area contributed by atoms with Crippen molar-refractivity contribution in [3.8, 4) is 11.1 Å². The van der Waals surface area contributed by atoms with E-state index in [0.717, 1.165) is 28.7 Å². The minimum absolute atomic E-state index is 0.237. The highest BCUT2D eigenvalue weighted by molar-refractivity contribution is 7.14. The zero-order chi connectivity index (χ0) is 16.7. The Hall–Kier alpha value is -2.39. The maximum Gasteiger partial charge on any atom is 0.349 e. The molecular weight excluding hydrogens is 316 g/mol. The van der Waals surface area contributed by atoms with E-state index in [0.29, 0.717) is 4.88 Å². The van der Waals surface area contributed by atoms with Crippen molar-refractivity contribution in [1.29, 1.82) is 0 Å². The molecule has 0 unspecified atom stereocenters. The first kappa shape index (κ1) is 15.2. The minimum Gasteiger partial charge on any atom is -0.448 e. The molecule has 2 aromatic carbocycles. The van der Waals surface area contributed by atoms with E-state index in [1.165, 1.54) is 21.8 Å². The van der Waals surface area contributed by atoms with Crippen LogP contribution in [0, 0.1) is 6.92 Å². The fourth-order valence-corrected chi connectivity index (χ4v) is 4.37. The lowest BCUT2D eigenvalue weighted by atomic mass is 10.1. The number of carbonyl (C=O) groups is 1. The van der Waals surface area contributed by atoms with Crippen LogP contribution in [0.2, 0.25) is 0 Å². The summed E-state index contributed by atoms with van der Waals surface area (Å²) in [6.07, 6.45) is 0.621. The second-order valence-electron chi connectivity index (χ2n) is 6.03. The molecule has 0 saturated carbocycles. The summed E-state index contributed by atoms with van der Waals surface area (Å²) in [7, 11) is 0. The highest BCUT2D eigenvalue weighted by atomic mass is 32.1. The number of hydrogen-bond donors (Lipinski definition) is 0. The third kappa shape index (κ3) is 2.36. The molecule has 1 aromatic heterocycles. The molecule has 1 aliphatic carbocycles. The Morgan fingerprint density at radius 2 is 1.62 bits per heavy atom. The molecule has 1 heterocycles. The molecule has 0 amide bonds. The zero-order valence-corrected chi connectivity index (χ0v) is 14.5. The lowest BCUT2D eigenvalue weighted by molar-refractivity contribution is 0.0391. The van der Waals surface area contributed by atoms with Crippen molar-refractivity contribution in [2.24, 2.45) is 0 Å². The van der Waals surface area contributed by atoms with E-state index >= 15 is 0 Å². The van der Waals surface area contributed by atoms with Gasteiger partial charge in [-0.3, -0.25) is 0 Å². The Labute approximate surface area is 145 Å². The molecular formula is C21H18O2S. The van der Waals surface area contributed by atoms with Gasteiger partial charge in [-0.25, -0.2) is 4.79 Å². The normalized spacial score (nSPS) is 12.8. The number of hydrogen-bond acceptors (Lipinski definition) is 3. The van der Waals surface area contributed by atoms with Gasteiger partial charge in [-0.15, -0.1) is 11.3 Å². The topological polar surface area (TPSA) is 26.3 Å². The van der Waals surface area contributed by atoms with Crippen molar-refractivity contribution in [1.82, 2.24) is 0 Å². The van der Waals surface area contributed by atoms with E-state index < -0.39 is 0 Å². The average molecular weight is 334 g/mol. The number of esters is 1. The Morgan fingerprint density at radius 1 is 1.04 bits per heavy atom. The van der Waals surface area contributed by atoms with Crippen LogP contribution in [0.25, 0.3) is 11.1 Å². The second kappa shape index (κ2) is 5.91. The number of carbonyl (C=O) groups excluding carboxylic acids is 1. The monoisotopic (exact) mass is 334 g/mol. The van der Waals surface area contributed by atoms with Crippen LogP contribution in [-0.4, -0.2) is 5.97 Å². The van der Waals surface area contributed by atoms with Gasteiger partial charge in [0.1, 0.15) is 4.88 Å². The highest BCUT2D eigenvalue weighted by Crippen LogP contribution is 2.45. The van der Waals surface area contributed by atoms with E-state index in [1.54, 1.807) is 0 Å². The lowest BCUT2D eigenvalue weighted by Crippen LogP contribution is -2.09. The molecule has 120 valence electrons. The molecule has 0 spiro atoms. The summed E-state index contributed by atoms with van der Waals surface area (Å²) in [6.45, 7) is 4.16. The molecule has 4 rings (SSSR count). The fraction of sp³-hybridized carbons (Fsp3) is 0.190. The van der Waals surface area contributed by atoms with Crippen LogP contribution in [0.15, 0.2) is 54.6 Å². The van der Waals surface area contributed by atoms with Crippen LogP contribution < -0.4 is 0 Å². The van der Waals surface area contributed by atoms with Crippen LogP contribution in [0.5, 0.6) is 0 Å². The first-order chi connectivity index (χ1) is 11.7. The number of rotatable bonds is 3. The quantitative estimate of drug-likeness (QED) is 0.587. The molecule has 3 heteroatoms. The summed E-state index contributed by atoms with van der Waals surface area (Å²) in [5.74, 6) is -0.237. The summed E-state index contributed by atoms with van der Waals surface area (Å²) in [6, 6.07) is 18.3. The Morgan fingerprint density at radius 3 is 2.17 bits per heavy atom.